The molecule has 0 bridgehead atoms. The van der Waals surface area contributed by atoms with Crippen molar-refractivity contribution in [3.8, 4) is 0 Å². The molecule has 1 amide bonds. The average molecular weight is 483 g/mol. The summed E-state index contributed by atoms with van der Waals surface area (Å²) in [5, 5.41) is 0.511. The first kappa shape index (κ1) is 23.3. The van der Waals surface area contributed by atoms with Crippen LogP contribution in [0.1, 0.15) is 60.9 Å². The molecule has 0 spiro atoms. The largest absolute Gasteiger partial charge is 0.371 e. The molecule has 0 unspecified atom stereocenters. The number of hydrogen-bond acceptors (Lipinski definition) is 3. The topological polar surface area (TPSA) is 40.6 Å². The number of amides is 1. The molecule has 1 saturated carbocycles. The van der Waals surface area contributed by atoms with E-state index in [-0.39, 0.29) is 11.7 Å². The summed E-state index contributed by atoms with van der Waals surface area (Å²) in [4.78, 5) is 29.0. The third kappa shape index (κ3) is 4.35. The van der Waals surface area contributed by atoms with Crippen LogP contribution in [0.15, 0.2) is 42.5 Å². The zero-order valence-corrected chi connectivity index (χ0v) is 20.3. The summed E-state index contributed by atoms with van der Waals surface area (Å²) in [6, 6.07) is 12.2. The first-order valence-corrected chi connectivity index (χ1v) is 12.9. The highest BCUT2D eigenvalue weighted by Gasteiger charge is 2.48. The molecule has 2 aliphatic heterocycles. The van der Waals surface area contributed by atoms with Crippen LogP contribution in [-0.4, -0.2) is 43.3 Å². The molecule has 2 aromatic rings. The van der Waals surface area contributed by atoms with Crippen LogP contribution in [-0.2, 0) is 10.2 Å². The van der Waals surface area contributed by atoms with Crippen molar-refractivity contribution in [2.45, 2.75) is 50.4 Å². The van der Waals surface area contributed by atoms with E-state index in [0.717, 1.165) is 88.7 Å². The van der Waals surface area contributed by atoms with Crippen molar-refractivity contribution >= 4 is 29.5 Å². The molecule has 0 aromatic heterocycles. The fourth-order valence-corrected chi connectivity index (χ4v) is 6.46. The summed E-state index contributed by atoms with van der Waals surface area (Å²) >= 11 is 6.22. The van der Waals surface area contributed by atoms with Crippen LogP contribution in [0.4, 0.5) is 10.1 Å². The Morgan fingerprint density at radius 3 is 2.09 bits per heavy atom. The van der Waals surface area contributed by atoms with Crippen LogP contribution >= 0.6 is 11.6 Å². The number of hydrogen-bond donors (Lipinski definition) is 0. The van der Waals surface area contributed by atoms with Crippen molar-refractivity contribution < 1.29 is 14.0 Å². The summed E-state index contributed by atoms with van der Waals surface area (Å²) < 4.78 is 13.4. The molecule has 3 aliphatic rings. The molecule has 6 heteroatoms. The number of carbonyl (C=O) groups excluding carboxylic acids is 2. The van der Waals surface area contributed by atoms with Gasteiger partial charge in [0.15, 0.2) is 6.29 Å². The minimum atomic E-state index is -0.438. The van der Waals surface area contributed by atoms with Crippen molar-refractivity contribution in [2.24, 2.45) is 11.8 Å². The Morgan fingerprint density at radius 1 is 0.941 bits per heavy atom. The summed E-state index contributed by atoms with van der Waals surface area (Å²) in [7, 11) is 0. The minimum Gasteiger partial charge on any atom is -0.371 e. The van der Waals surface area contributed by atoms with Gasteiger partial charge in [-0.1, -0.05) is 30.2 Å². The van der Waals surface area contributed by atoms with Crippen molar-refractivity contribution in [3.63, 3.8) is 0 Å². The smallest absolute Gasteiger partial charge is 0.233 e. The Morgan fingerprint density at radius 2 is 1.56 bits per heavy atom. The zero-order chi connectivity index (χ0) is 23.7. The third-order valence-electron chi connectivity index (χ3n) is 8.52. The van der Waals surface area contributed by atoms with Crippen LogP contribution < -0.4 is 4.90 Å². The van der Waals surface area contributed by atoms with E-state index in [0.29, 0.717) is 22.4 Å². The van der Waals surface area contributed by atoms with E-state index in [1.807, 2.05) is 12.1 Å². The summed E-state index contributed by atoms with van der Waals surface area (Å²) in [5.74, 6) is 1.34. The monoisotopic (exact) mass is 482 g/mol. The predicted molar refractivity (Wildman–Crippen MR) is 133 cm³/mol. The Labute approximate surface area is 206 Å². The number of likely N-dealkylation sites (tertiary alicyclic amines) is 1. The number of benzene rings is 2. The van der Waals surface area contributed by atoms with Gasteiger partial charge in [-0.3, -0.25) is 9.59 Å². The number of halogens is 2. The second kappa shape index (κ2) is 9.69. The molecule has 180 valence electrons. The normalized spacial score (nSPS) is 21.2. The lowest BCUT2D eigenvalue weighted by Crippen LogP contribution is -2.53. The highest BCUT2D eigenvalue weighted by molar-refractivity contribution is 6.33. The molecular weight excluding hydrogens is 451 g/mol. The molecule has 2 heterocycles. The molecular formula is C28H32ClFN2O2. The molecule has 4 nitrogen and oxygen atoms in total. The van der Waals surface area contributed by atoms with E-state index in [9.17, 15) is 14.0 Å². The van der Waals surface area contributed by atoms with Crippen LogP contribution in [0, 0.1) is 17.7 Å². The minimum absolute atomic E-state index is 0.245. The lowest BCUT2D eigenvalue weighted by Gasteiger charge is -2.47. The molecule has 3 fully saturated rings. The lowest BCUT2D eigenvalue weighted by molar-refractivity contribution is -0.142. The van der Waals surface area contributed by atoms with Crippen molar-refractivity contribution in [3.05, 3.63) is 64.4 Å². The number of anilines is 1. The van der Waals surface area contributed by atoms with E-state index in [1.54, 1.807) is 18.2 Å². The maximum atomic E-state index is 13.5. The number of carbonyl (C=O) groups is 2. The van der Waals surface area contributed by atoms with Gasteiger partial charge in [-0.25, -0.2) is 4.39 Å². The fourth-order valence-electron chi connectivity index (χ4n) is 6.24. The maximum absolute atomic E-state index is 13.5. The predicted octanol–water partition coefficient (Wildman–Crippen LogP) is 5.87. The Kier molecular flexibility index (Phi) is 6.65. The highest BCUT2D eigenvalue weighted by atomic mass is 35.5. The number of rotatable bonds is 5. The van der Waals surface area contributed by atoms with Gasteiger partial charge in [-0.2, -0.15) is 0 Å². The molecule has 2 saturated heterocycles. The molecule has 1 aliphatic carbocycles. The summed E-state index contributed by atoms with van der Waals surface area (Å²) in [6.45, 7) is 3.65. The van der Waals surface area contributed by atoms with E-state index in [1.165, 1.54) is 12.1 Å². The highest BCUT2D eigenvalue weighted by Crippen LogP contribution is 2.46. The van der Waals surface area contributed by atoms with Crippen molar-refractivity contribution in [1.29, 1.82) is 0 Å². The molecule has 34 heavy (non-hydrogen) atoms. The Hall–Kier alpha value is -2.40. The molecule has 0 N–H and O–H groups in total. The van der Waals surface area contributed by atoms with Gasteiger partial charge in [0.25, 0.3) is 0 Å². The zero-order valence-electron chi connectivity index (χ0n) is 19.5. The fraction of sp³-hybridized carbons (Fsp3) is 0.500. The molecule has 5 rings (SSSR count). The van der Waals surface area contributed by atoms with E-state index in [4.69, 9.17) is 11.6 Å². The van der Waals surface area contributed by atoms with Gasteiger partial charge >= 0.3 is 0 Å². The van der Waals surface area contributed by atoms with Crippen LogP contribution in [0.25, 0.3) is 0 Å². The molecule has 0 radical (unpaired) electrons. The summed E-state index contributed by atoms with van der Waals surface area (Å²) in [6.07, 6.45) is 8.01. The van der Waals surface area contributed by atoms with E-state index >= 15 is 0 Å². The summed E-state index contributed by atoms with van der Waals surface area (Å²) in [5.41, 5.74) is 2.15. The standard InChI is InChI=1S/C28H32ClFN2O2/c29-26-18-25(7-2-22(26)19-33)31-14-8-20(9-15-31)21-10-16-32(17-11-21)27(34)28(12-1-13-28)23-3-5-24(30)6-4-23/h2-7,18-21H,1,8-17H2. The maximum Gasteiger partial charge on any atom is 0.233 e. The van der Waals surface area contributed by atoms with E-state index in [2.05, 4.69) is 9.80 Å². The first-order chi connectivity index (χ1) is 16.5. The second-order valence-corrected chi connectivity index (χ2v) is 10.6. The van der Waals surface area contributed by atoms with Crippen molar-refractivity contribution in [2.75, 3.05) is 31.1 Å². The quantitative estimate of drug-likeness (QED) is 0.500. The van der Waals surface area contributed by atoms with Gasteiger partial charge in [0.2, 0.25) is 5.91 Å². The van der Waals surface area contributed by atoms with Gasteiger partial charge in [-0.15, -0.1) is 0 Å². The molecule has 0 atom stereocenters. The van der Waals surface area contributed by atoms with Gasteiger partial charge in [0.05, 0.1) is 10.4 Å². The van der Waals surface area contributed by atoms with Gasteiger partial charge in [-0.05, 0) is 86.3 Å². The van der Waals surface area contributed by atoms with Crippen molar-refractivity contribution in [1.82, 2.24) is 4.90 Å². The average Bonchev–Trinajstić information content (AvgIpc) is 2.84. The second-order valence-electron chi connectivity index (χ2n) is 10.2. The Bertz CT molecular complexity index is 1040. The van der Waals surface area contributed by atoms with E-state index < -0.39 is 5.41 Å². The first-order valence-electron chi connectivity index (χ1n) is 12.6. The SMILES string of the molecule is O=Cc1ccc(N2CCC(C3CCN(C(=O)C4(c5ccc(F)cc5)CCC4)CC3)CC2)cc1Cl. The molecule has 2 aromatic carbocycles. The number of piperidine rings is 2. The third-order valence-corrected chi connectivity index (χ3v) is 8.85. The van der Waals surface area contributed by atoms with Gasteiger partial charge in [0, 0.05) is 37.4 Å². The van der Waals surface area contributed by atoms with Gasteiger partial charge in [0.1, 0.15) is 5.82 Å². The van der Waals surface area contributed by atoms with Gasteiger partial charge < -0.3 is 9.80 Å². The number of aldehydes is 1. The van der Waals surface area contributed by atoms with Crippen LogP contribution in [0.5, 0.6) is 0 Å². The lowest BCUT2D eigenvalue weighted by atomic mass is 9.63. The Balaban J connectivity index is 1.15. The number of nitrogens with zero attached hydrogens (tertiary/aromatic N) is 2. The van der Waals surface area contributed by atoms with Crippen LogP contribution in [0.3, 0.4) is 0 Å². The van der Waals surface area contributed by atoms with Crippen LogP contribution in [0.2, 0.25) is 5.02 Å².